The molecule has 2 aliphatic heterocycles. The van der Waals surface area contributed by atoms with Crippen LogP contribution in [0, 0.1) is 0 Å². The van der Waals surface area contributed by atoms with Crippen molar-refractivity contribution in [2.75, 3.05) is 32.3 Å². The van der Waals surface area contributed by atoms with Crippen LogP contribution >= 0.6 is 0 Å². The maximum atomic E-state index is 12.2. The zero-order valence-electron chi connectivity index (χ0n) is 13.0. The van der Waals surface area contributed by atoms with E-state index in [4.69, 9.17) is 14.2 Å². The number of hydrogen-bond donors (Lipinski definition) is 0. The van der Waals surface area contributed by atoms with E-state index >= 15 is 0 Å². The van der Waals surface area contributed by atoms with Crippen LogP contribution in [-0.2, 0) is 14.3 Å². The summed E-state index contributed by atoms with van der Waals surface area (Å²) in [6.07, 6.45) is 0.883. The van der Waals surface area contributed by atoms with Gasteiger partial charge in [0.2, 0.25) is 0 Å². The van der Waals surface area contributed by atoms with Crippen LogP contribution in [0.5, 0.6) is 5.75 Å². The predicted octanol–water partition coefficient (Wildman–Crippen LogP) is 1.19. The summed E-state index contributed by atoms with van der Waals surface area (Å²) >= 11 is 0. The van der Waals surface area contributed by atoms with Gasteiger partial charge in [-0.3, -0.25) is 4.79 Å². The molecule has 0 amide bonds. The standard InChI is InChI=1S/C16H17NO6/c1-21-15(19)11-3-4-12-14(13(11)16(20)22-2)23-8-9-7-10(18)5-6-17(9)12/h3-4,9H,5-8H2,1-2H3/t9-/m0/s1. The second kappa shape index (κ2) is 5.91. The van der Waals surface area contributed by atoms with Crippen molar-refractivity contribution < 1.29 is 28.6 Å². The Morgan fingerprint density at radius 1 is 1.22 bits per heavy atom. The van der Waals surface area contributed by atoms with Gasteiger partial charge in [0.15, 0.2) is 5.75 Å². The number of rotatable bonds is 2. The van der Waals surface area contributed by atoms with Crippen LogP contribution in [-0.4, -0.2) is 51.1 Å². The van der Waals surface area contributed by atoms with E-state index in [-0.39, 0.29) is 29.6 Å². The first kappa shape index (κ1) is 15.3. The van der Waals surface area contributed by atoms with E-state index in [0.717, 1.165) is 0 Å². The summed E-state index contributed by atoms with van der Waals surface area (Å²) < 4.78 is 15.2. The third-order valence-corrected chi connectivity index (χ3v) is 4.20. The molecule has 0 aromatic heterocycles. The van der Waals surface area contributed by atoms with E-state index in [2.05, 4.69) is 0 Å². The fourth-order valence-electron chi connectivity index (χ4n) is 3.08. The van der Waals surface area contributed by atoms with Gasteiger partial charge >= 0.3 is 11.9 Å². The zero-order valence-corrected chi connectivity index (χ0v) is 13.0. The first-order chi connectivity index (χ1) is 11.1. The minimum Gasteiger partial charge on any atom is -0.488 e. The lowest BCUT2D eigenvalue weighted by Crippen LogP contribution is -2.49. The summed E-state index contributed by atoms with van der Waals surface area (Å²) in [4.78, 5) is 37.7. The lowest BCUT2D eigenvalue weighted by Gasteiger charge is -2.41. The molecule has 0 bridgehead atoms. The van der Waals surface area contributed by atoms with Crippen LogP contribution in [0.25, 0.3) is 0 Å². The number of esters is 2. The number of piperidine rings is 1. The summed E-state index contributed by atoms with van der Waals surface area (Å²) in [6, 6.07) is 3.20. The molecule has 1 saturated heterocycles. The number of benzene rings is 1. The van der Waals surface area contributed by atoms with Gasteiger partial charge in [-0.2, -0.15) is 0 Å². The van der Waals surface area contributed by atoms with E-state index in [0.29, 0.717) is 30.8 Å². The van der Waals surface area contributed by atoms with Crippen molar-refractivity contribution in [3.05, 3.63) is 23.3 Å². The summed E-state index contributed by atoms with van der Waals surface area (Å²) in [7, 11) is 2.49. The molecule has 23 heavy (non-hydrogen) atoms. The van der Waals surface area contributed by atoms with Crippen LogP contribution in [0.15, 0.2) is 12.1 Å². The van der Waals surface area contributed by atoms with Crippen molar-refractivity contribution in [1.29, 1.82) is 0 Å². The molecule has 122 valence electrons. The van der Waals surface area contributed by atoms with Crippen LogP contribution in [0.2, 0.25) is 0 Å². The average Bonchev–Trinajstić information content (AvgIpc) is 2.58. The monoisotopic (exact) mass is 319 g/mol. The normalized spacial score (nSPS) is 19.3. The molecular formula is C16H17NO6. The largest absolute Gasteiger partial charge is 0.488 e. The molecule has 0 spiro atoms. The smallest absolute Gasteiger partial charge is 0.342 e. The average molecular weight is 319 g/mol. The molecule has 2 aliphatic rings. The Bertz CT molecular complexity index is 683. The highest BCUT2D eigenvalue weighted by Gasteiger charge is 2.37. The third-order valence-electron chi connectivity index (χ3n) is 4.20. The molecule has 2 heterocycles. The number of methoxy groups -OCH3 is 2. The SMILES string of the molecule is COC(=O)c1ccc2c(c1C(=O)OC)OC[C@@H]1CC(=O)CCN21. The predicted molar refractivity (Wildman–Crippen MR) is 80.0 cm³/mol. The van der Waals surface area contributed by atoms with Gasteiger partial charge in [-0.15, -0.1) is 0 Å². The van der Waals surface area contributed by atoms with Crippen LogP contribution in [0.4, 0.5) is 5.69 Å². The molecule has 1 aromatic rings. The van der Waals surface area contributed by atoms with Crippen LogP contribution in [0.1, 0.15) is 33.6 Å². The van der Waals surface area contributed by atoms with Crippen molar-refractivity contribution in [2.45, 2.75) is 18.9 Å². The number of carbonyl (C=O) groups is 3. The number of anilines is 1. The Hall–Kier alpha value is -2.57. The Kier molecular flexibility index (Phi) is 3.94. The first-order valence-electron chi connectivity index (χ1n) is 7.31. The summed E-state index contributed by atoms with van der Waals surface area (Å²) in [6.45, 7) is 0.853. The number of ketones is 1. The molecular weight excluding hydrogens is 302 g/mol. The maximum absolute atomic E-state index is 12.2. The van der Waals surface area contributed by atoms with Gasteiger partial charge in [0.25, 0.3) is 0 Å². The number of Topliss-reactive ketones (excluding diaryl/α,β-unsaturated/α-hetero) is 1. The van der Waals surface area contributed by atoms with Gasteiger partial charge in [-0.05, 0) is 12.1 Å². The number of nitrogens with zero attached hydrogens (tertiary/aromatic N) is 1. The lowest BCUT2D eigenvalue weighted by atomic mass is 9.96. The van der Waals surface area contributed by atoms with Gasteiger partial charge in [-0.25, -0.2) is 9.59 Å². The van der Waals surface area contributed by atoms with Crippen molar-refractivity contribution >= 4 is 23.4 Å². The van der Waals surface area contributed by atoms with Crippen LogP contribution < -0.4 is 9.64 Å². The van der Waals surface area contributed by atoms with Crippen molar-refractivity contribution in [2.24, 2.45) is 0 Å². The van der Waals surface area contributed by atoms with Gasteiger partial charge in [0.05, 0.1) is 31.5 Å². The van der Waals surface area contributed by atoms with E-state index in [1.807, 2.05) is 4.90 Å². The number of fused-ring (bicyclic) bond motifs is 3. The number of ether oxygens (including phenoxy) is 3. The molecule has 1 aromatic carbocycles. The number of carbonyl (C=O) groups excluding carboxylic acids is 3. The van der Waals surface area contributed by atoms with Gasteiger partial charge in [0, 0.05) is 19.4 Å². The minimum atomic E-state index is -0.659. The third kappa shape index (κ3) is 2.52. The van der Waals surface area contributed by atoms with Gasteiger partial charge < -0.3 is 19.1 Å². The van der Waals surface area contributed by atoms with Gasteiger partial charge in [-0.1, -0.05) is 0 Å². The Morgan fingerprint density at radius 2 is 1.96 bits per heavy atom. The molecule has 0 unspecified atom stereocenters. The van der Waals surface area contributed by atoms with E-state index in [1.54, 1.807) is 6.07 Å². The number of hydrogen-bond acceptors (Lipinski definition) is 7. The lowest BCUT2D eigenvalue weighted by molar-refractivity contribution is -0.120. The summed E-state index contributed by atoms with van der Waals surface area (Å²) in [5.74, 6) is -0.774. The van der Waals surface area contributed by atoms with Gasteiger partial charge in [0.1, 0.15) is 18.0 Å². The highest BCUT2D eigenvalue weighted by atomic mass is 16.5. The minimum absolute atomic E-state index is 0.0433. The molecule has 7 nitrogen and oxygen atoms in total. The Morgan fingerprint density at radius 3 is 2.65 bits per heavy atom. The summed E-state index contributed by atoms with van der Waals surface area (Å²) in [5, 5.41) is 0. The topological polar surface area (TPSA) is 82.1 Å². The first-order valence-corrected chi connectivity index (χ1v) is 7.31. The molecule has 0 N–H and O–H groups in total. The fourth-order valence-corrected chi connectivity index (χ4v) is 3.08. The molecule has 0 aliphatic carbocycles. The van der Waals surface area contributed by atoms with Crippen molar-refractivity contribution in [1.82, 2.24) is 0 Å². The Balaban J connectivity index is 2.11. The Labute approximate surface area is 133 Å². The molecule has 7 heteroatoms. The molecule has 1 fully saturated rings. The fraction of sp³-hybridized carbons (Fsp3) is 0.438. The van der Waals surface area contributed by atoms with E-state index in [9.17, 15) is 14.4 Å². The molecule has 1 atom stereocenters. The quantitative estimate of drug-likeness (QED) is 0.757. The second-order valence-corrected chi connectivity index (χ2v) is 5.47. The summed E-state index contributed by atoms with van der Waals surface area (Å²) in [5.41, 5.74) is 0.860. The molecule has 0 saturated carbocycles. The molecule has 0 radical (unpaired) electrons. The van der Waals surface area contributed by atoms with E-state index < -0.39 is 11.9 Å². The molecule has 3 rings (SSSR count). The van der Waals surface area contributed by atoms with Crippen molar-refractivity contribution in [3.8, 4) is 5.75 Å². The van der Waals surface area contributed by atoms with Crippen LogP contribution in [0.3, 0.4) is 0 Å². The highest BCUT2D eigenvalue weighted by Crippen LogP contribution is 2.41. The van der Waals surface area contributed by atoms with E-state index in [1.165, 1.54) is 20.3 Å². The highest BCUT2D eigenvalue weighted by molar-refractivity contribution is 6.07. The zero-order chi connectivity index (χ0) is 16.6. The maximum Gasteiger partial charge on any atom is 0.342 e. The van der Waals surface area contributed by atoms with Crippen molar-refractivity contribution in [3.63, 3.8) is 0 Å². The second-order valence-electron chi connectivity index (χ2n) is 5.47.